The summed E-state index contributed by atoms with van der Waals surface area (Å²) in [6, 6.07) is 5.32. The number of hydrogen-bond acceptors (Lipinski definition) is 3. The van der Waals surface area contributed by atoms with Crippen LogP contribution >= 0.6 is 0 Å². The maximum absolute atomic E-state index is 12.7. The topological polar surface area (TPSA) is 49.4 Å². The fourth-order valence-electron chi connectivity index (χ4n) is 2.25. The van der Waals surface area contributed by atoms with Crippen LogP contribution in [0.15, 0.2) is 23.1 Å². The average Bonchev–Trinajstić information content (AvgIpc) is 2.47. The minimum atomic E-state index is -3.53. The highest BCUT2D eigenvalue weighted by Crippen LogP contribution is 2.20. The number of nitrogens with one attached hydrogen (secondary N) is 1. The Morgan fingerprint density at radius 1 is 1.29 bits per heavy atom. The minimum absolute atomic E-state index is 0.104. The van der Waals surface area contributed by atoms with Crippen LogP contribution in [0.5, 0.6) is 0 Å². The molecule has 1 aromatic rings. The third-order valence-corrected chi connectivity index (χ3v) is 5.15. The first-order valence-electron chi connectivity index (χ1n) is 7.21. The maximum atomic E-state index is 12.7. The Hall–Kier alpha value is -1.35. The smallest absolute Gasteiger partial charge is 0.243 e. The number of hydrogen-bond donors (Lipinski definition) is 1. The van der Waals surface area contributed by atoms with Gasteiger partial charge in [-0.25, -0.2) is 8.42 Å². The van der Waals surface area contributed by atoms with Crippen molar-refractivity contribution in [2.24, 2.45) is 0 Å². The molecule has 0 aliphatic heterocycles. The molecule has 0 saturated heterocycles. The van der Waals surface area contributed by atoms with E-state index in [0.29, 0.717) is 18.0 Å². The van der Waals surface area contributed by atoms with Crippen molar-refractivity contribution >= 4 is 10.0 Å². The van der Waals surface area contributed by atoms with Gasteiger partial charge in [0.15, 0.2) is 0 Å². The Bertz CT molecular complexity index is 603. The second-order valence-corrected chi connectivity index (χ2v) is 6.80. The average molecular weight is 308 g/mol. The fourth-order valence-corrected chi connectivity index (χ4v) is 3.74. The van der Waals surface area contributed by atoms with E-state index < -0.39 is 10.0 Å². The van der Waals surface area contributed by atoms with Gasteiger partial charge in [0, 0.05) is 13.1 Å². The van der Waals surface area contributed by atoms with E-state index >= 15 is 0 Å². The number of sulfonamides is 1. The van der Waals surface area contributed by atoms with Crippen molar-refractivity contribution in [3.05, 3.63) is 29.3 Å². The highest BCUT2D eigenvalue weighted by atomic mass is 32.2. The number of nitrogens with zero attached hydrogens (tertiary/aromatic N) is 1. The Morgan fingerprint density at radius 3 is 2.52 bits per heavy atom. The van der Waals surface area contributed by atoms with E-state index in [9.17, 15) is 8.42 Å². The van der Waals surface area contributed by atoms with Crippen LogP contribution in [0, 0.1) is 12.3 Å². The summed E-state index contributed by atoms with van der Waals surface area (Å²) in [5.74, 6) is 2.43. The largest absolute Gasteiger partial charge is 0.316 e. The van der Waals surface area contributed by atoms with Crippen LogP contribution in [-0.4, -0.2) is 32.9 Å². The van der Waals surface area contributed by atoms with Gasteiger partial charge in [-0.3, -0.25) is 0 Å². The lowest BCUT2D eigenvalue weighted by atomic mass is 10.1. The lowest BCUT2D eigenvalue weighted by Gasteiger charge is -2.20. The number of terminal acetylenes is 1. The summed E-state index contributed by atoms with van der Waals surface area (Å²) in [6.45, 7) is 5.18. The van der Waals surface area contributed by atoms with Gasteiger partial charge in [0.2, 0.25) is 10.0 Å². The molecule has 4 nitrogen and oxygen atoms in total. The van der Waals surface area contributed by atoms with Crippen LogP contribution in [0.1, 0.15) is 31.4 Å². The van der Waals surface area contributed by atoms with Crippen molar-refractivity contribution in [3.8, 4) is 12.3 Å². The van der Waals surface area contributed by atoms with Crippen LogP contribution in [0.4, 0.5) is 0 Å². The molecule has 0 spiro atoms. The van der Waals surface area contributed by atoms with E-state index in [2.05, 4.69) is 18.2 Å². The van der Waals surface area contributed by atoms with Crippen molar-refractivity contribution in [2.45, 2.75) is 38.1 Å². The molecule has 116 valence electrons. The molecule has 0 amide bonds. The number of aryl methyl sites for hydroxylation is 1. The standard InChI is InChI=1S/C16H24N2O2S/c1-5-10-18(11-6-2)21(19,20)16-9-8-14(7-3)15(12-16)13-17-4/h1,8-9,12,17H,6-7,10-11,13H2,2-4H3. The van der Waals surface area contributed by atoms with Crippen LogP contribution in [0.25, 0.3) is 0 Å². The lowest BCUT2D eigenvalue weighted by molar-refractivity contribution is 0.445. The van der Waals surface area contributed by atoms with Crippen LogP contribution in [-0.2, 0) is 23.0 Å². The first-order valence-corrected chi connectivity index (χ1v) is 8.65. The molecule has 0 saturated carbocycles. The first-order chi connectivity index (χ1) is 10.0. The van der Waals surface area contributed by atoms with Gasteiger partial charge in [-0.15, -0.1) is 6.42 Å². The molecule has 1 N–H and O–H groups in total. The van der Waals surface area contributed by atoms with Gasteiger partial charge >= 0.3 is 0 Å². The zero-order chi connectivity index (χ0) is 15.9. The van der Waals surface area contributed by atoms with Crippen LogP contribution < -0.4 is 5.32 Å². The van der Waals surface area contributed by atoms with Gasteiger partial charge in [-0.1, -0.05) is 25.8 Å². The summed E-state index contributed by atoms with van der Waals surface area (Å²) < 4.78 is 26.7. The van der Waals surface area contributed by atoms with Gasteiger partial charge in [-0.05, 0) is 43.1 Å². The molecule has 0 aliphatic carbocycles. The summed E-state index contributed by atoms with van der Waals surface area (Å²) in [4.78, 5) is 0.314. The van der Waals surface area contributed by atoms with Crippen molar-refractivity contribution in [1.82, 2.24) is 9.62 Å². The third kappa shape index (κ3) is 4.31. The molecule has 1 rings (SSSR count). The van der Waals surface area contributed by atoms with Crippen molar-refractivity contribution in [3.63, 3.8) is 0 Å². The Morgan fingerprint density at radius 2 is 2.00 bits per heavy atom. The highest BCUT2D eigenvalue weighted by Gasteiger charge is 2.23. The summed E-state index contributed by atoms with van der Waals surface area (Å²) in [5.41, 5.74) is 2.17. The molecular formula is C16H24N2O2S. The molecular weight excluding hydrogens is 284 g/mol. The Balaban J connectivity index is 3.24. The molecule has 0 heterocycles. The van der Waals surface area contributed by atoms with Crippen molar-refractivity contribution in [1.29, 1.82) is 0 Å². The van der Waals surface area contributed by atoms with E-state index in [1.165, 1.54) is 4.31 Å². The summed E-state index contributed by atoms with van der Waals surface area (Å²) >= 11 is 0. The van der Waals surface area contributed by atoms with Gasteiger partial charge < -0.3 is 5.32 Å². The quantitative estimate of drug-likeness (QED) is 0.747. The molecule has 0 aliphatic rings. The third-order valence-electron chi connectivity index (χ3n) is 3.30. The monoisotopic (exact) mass is 308 g/mol. The van der Waals surface area contributed by atoms with Gasteiger partial charge in [0.05, 0.1) is 11.4 Å². The van der Waals surface area contributed by atoms with E-state index in [1.54, 1.807) is 12.1 Å². The normalized spacial score (nSPS) is 11.6. The maximum Gasteiger partial charge on any atom is 0.243 e. The van der Waals surface area contributed by atoms with E-state index in [1.807, 2.05) is 20.0 Å². The molecule has 0 radical (unpaired) electrons. The van der Waals surface area contributed by atoms with E-state index in [-0.39, 0.29) is 6.54 Å². The fraction of sp³-hybridized carbons (Fsp3) is 0.500. The molecule has 21 heavy (non-hydrogen) atoms. The van der Waals surface area contributed by atoms with E-state index in [0.717, 1.165) is 24.0 Å². The number of rotatable bonds is 8. The van der Waals surface area contributed by atoms with Crippen molar-refractivity contribution < 1.29 is 8.42 Å². The minimum Gasteiger partial charge on any atom is -0.316 e. The lowest BCUT2D eigenvalue weighted by Crippen LogP contribution is -2.32. The van der Waals surface area contributed by atoms with Crippen LogP contribution in [0.3, 0.4) is 0 Å². The summed E-state index contributed by atoms with van der Waals surface area (Å²) in [6.07, 6.45) is 6.90. The summed E-state index contributed by atoms with van der Waals surface area (Å²) in [7, 11) is -1.68. The second-order valence-electron chi connectivity index (χ2n) is 4.86. The molecule has 0 unspecified atom stereocenters. The first kappa shape index (κ1) is 17.7. The molecule has 0 atom stereocenters. The van der Waals surface area contributed by atoms with Gasteiger partial charge in [0.1, 0.15) is 0 Å². The molecule has 0 bridgehead atoms. The molecule has 0 fully saturated rings. The zero-order valence-electron chi connectivity index (χ0n) is 13.0. The van der Waals surface area contributed by atoms with Crippen LogP contribution in [0.2, 0.25) is 0 Å². The molecule has 5 heteroatoms. The zero-order valence-corrected chi connectivity index (χ0v) is 13.8. The Labute approximate surface area is 128 Å². The Kier molecular flexibility index (Phi) is 6.90. The predicted octanol–water partition coefficient (Wildman–Crippen LogP) is 2.00. The predicted molar refractivity (Wildman–Crippen MR) is 86.5 cm³/mol. The molecule has 0 aromatic heterocycles. The summed E-state index contributed by atoms with van der Waals surface area (Å²) in [5, 5.41) is 3.08. The van der Waals surface area contributed by atoms with Gasteiger partial charge in [-0.2, -0.15) is 4.31 Å². The van der Waals surface area contributed by atoms with Gasteiger partial charge in [0.25, 0.3) is 0 Å². The highest BCUT2D eigenvalue weighted by molar-refractivity contribution is 7.89. The van der Waals surface area contributed by atoms with Crippen molar-refractivity contribution in [2.75, 3.05) is 20.1 Å². The second kappa shape index (κ2) is 8.18. The van der Waals surface area contributed by atoms with E-state index in [4.69, 9.17) is 6.42 Å². The molecule has 1 aromatic carbocycles. The SMILES string of the molecule is C#CCN(CCC)S(=O)(=O)c1ccc(CC)c(CNC)c1. The number of benzene rings is 1.